The minimum Gasteiger partial charge on any atom is -0.490 e. The van der Waals surface area contributed by atoms with E-state index in [1.54, 1.807) is 36.7 Å². The maximum Gasteiger partial charge on any atom is 0.416 e. The van der Waals surface area contributed by atoms with Crippen molar-refractivity contribution in [1.82, 2.24) is 4.98 Å². The van der Waals surface area contributed by atoms with Gasteiger partial charge in [-0.1, -0.05) is 37.6 Å². The van der Waals surface area contributed by atoms with Gasteiger partial charge < -0.3 is 29.1 Å². The summed E-state index contributed by atoms with van der Waals surface area (Å²) in [5.41, 5.74) is 1.42. The number of nitrogens with zero attached hydrogens (tertiary/aromatic N) is 1. The predicted octanol–water partition coefficient (Wildman–Crippen LogP) is 8.82. The fourth-order valence-electron chi connectivity index (χ4n) is 4.58. The fraction of sp³-hybridized carbons (Fsp3) is 0.167. The van der Waals surface area contributed by atoms with Crippen molar-refractivity contribution >= 4 is 45.3 Å². The van der Waals surface area contributed by atoms with Gasteiger partial charge >= 0.3 is 23.7 Å². The van der Waals surface area contributed by atoms with E-state index >= 15 is 0 Å². The number of aromatic carboxylic acids is 2. The number of fused-ring (bicyclic) bond motifs is 2. The second-order valence-electron chi connectivity index (χ2n) is 10.4. The van der Waals surface area contributed by atoms with Gasteiger partial charge in [0.25, 0.3) is 0 Å². The van der Waals surface area contributed by atoms with Crippen LogP contribution in [0.5, 0.6) is 5.75 Å². The minimum atomic E-state index is -4.44. The molecule has 254 valence electrons. The third-order valence-corrected chi connectivity index (χ3v) is 6.98. The molecule has 0 saturated carbocycles. The lowest BCUT2D eigenvalue weighted by molar-refractivity contribution is -0.137. The number of para-hydroxylation sites is 1. The zero-order chi connectivity index (χ0) is 35.6. The summed E-state index contributed by atoms with van der Waals surface area (Å²) in [7, 11) is 1.52. The van der Waals surface area contributed by atoms with Crippen molar-refractivity contribution in [2.45, 2.75) is 32.4 Å². The van der Waals surface area contributed by atoms with Gasteiger partial charge in [-0.25, -0.2) is 19.4 Å². The number of rotatable bonds is 8. The highest BCUT2D eigenvalue weighted by molar-refractivity contribution is 6.00. The van der Waals surface area contributed by atoms with Crippen LogP contribution in [0.4, 0.5) is 24.5 Å². The monoisotopic (exact) mass is 676 g/mol. The maximum atomic E-state index is 12.6. The summed E-state index contributed by atoms with van der Waals surface area (Å²) in [6.07, 6.45) is 2.01. The van der Waals surface area contributed by atoms with Crippen LogP contribution in [0, 0.1) is 0 Å². The van der Waals surface area contributed by atoms with Gasteiger partial charge in [0.1, 0.15) is 5.69 Å². The number of carboxylic acids is 2. The molecular weight excluding hydrogens is 645 g/mol. The number of halogens is 3. The van der Waals surface area contributed by atoms with E-state index in [1.165, 1.54) is 37.4 Å². The summed E-state index contributed by atoms with van der Waals surface area (Å²) in [5.74, 6) is -1.67. The van der Waals surface area contributed by atoms with Crippen LogP contribution in [0.3, 0.4) is 0 Å². The topological polar surface area (TPSA) is 152 Å². The minimum absolute atomic E-state index is 0.00934. The molecule has 3 aromatic carbocycles. The van der Waals surface area contributed by atoms with Gasteiger partial charge in [0.05, 0.1) is 30.2 Å². The molecule has 0 unspecified atom stereocenters. The molecule has 49 heavy (non-hydrogen) atoms. The molecule has 0 saturated heterocycles. The molecule has 0 aliphatic rings. The molecule has 3 N–H and O–H groups in total. The average Bonchev–Trinajstić information content (AvgIpc) is 3.55. The van der Waals surface area contributed by atoms with Crippen LogP contribution in [0.2, 0.25) is 0 Å². The van der Waals surface area contributed by atoms with E-state index in [9.17, 15) is 27.6 Å². The molecule has 10 nitrogen and oxygen atoms in total. The Morgan fingerprint density at radius 3 is 2.31 bits per heavy atom. The summed E-state index contributed by atoms with van der Waals surface area (Å²) in [6, 6.07) is 20.8. The Labute approximate surface area is 277 Å². The number of nitrogens with one attached hydrogen (secondary N) is 1. The quantitative estimate of drug-likeness (QED) is 0.133. The number of alkyl halides is 3. The number of aryl methyl sites for hydroxylation is 1. The fourth-order valence-corrected chi connectivity index (χ4v) is 4.58. The lowest BCUT2D eigenvalue weighted by Gasteiger charge is -2.12. The largest absolute Gasteiger partial charge is 0.490 e. The standard InChI is InChI=1S/C14H10F3NO2.C12H8O4.C10H13NO2/c15-14(16,17)9-4-3-5-10(8-9)18-12-7-2-1-6-11(12)13(19)20;1-14-12-10-8(4-5-15-10)6-7-2-3-9(13)16-11(7)12;1-2-3-4-8-5-6-9(10(12)13)11-7-8/h1-8,18H,(H,19,20);2-6H,1H3;5-7H,2-4H2,1H3,(H,12,13). The van der Waals surface area contributed by atoms with Crippen LogP contribution >= 0.6 is 0 Å². The summed E-state index contributed by atoms with van der Waals surface area (Å²) >= 11 is 0. The van der Waals surface area contributed by atoms with Crippen LogP contribution in [-0.2, 0) is 12.6 Å². The first kappa shape index (κ1) is 35.7. The van der Waals surface area contributed by atoms with E-state index in [2.05, 4.69) is 17.2 Å². The number of furan rings is 1. The number of pyridine rings is 1. The van der Waals surface area contributed by atoms with Crippen molar-refractivity contribution < 1.29 is 46.5 Å². The Morgan fingerprint density at radius 1 is 0.898 bits per heavy atom. The summed E-state index contributed by atoms with van der Waals surface area (Å²) in [4.78, 5) is 36.5. The molecule has 0 atom stereocenters. The molecule has 0 amide bonds. The highest BCUT2D eigenvalue weighted by atomic mass is 19.4. The molecule has 0 spiro atoms. The molecule has 3 aromatic heterocycles. The van der Waals surface area contributed by atoms with Gasteiger partial charge in [0.15, 0.2) is 11.2 Å². The van der Waals surface area contributed by atoms with Gasteiger partial charge in [-0.15, -0.1) is 0 Å². The van der Waals surface area contributed by atoms with Gasteiger partial charge in [-0.2, -0.15) is 13.2 Å². The van der Waals surface area contributed by atoms with Crippen LogP contribution in [0.25, 0.3) is 21.9 Å². The van der Waals surface area contributed by atoms with Crippen LogP contribution < -0.4 is 15.7 Å². The van der Waals surface area contributed by atoms with Gasteiger partial charge in [-0.05, 0) is 73.0 Å². The van der Waals surface area contributed by atoms with Gasteiger partial charge in [0, 0.05) is 28.7 Å². The third kappa shape index (κ3) is 9.47. The first-order chi connectivity index (χ1) is 23.4. The number of anilines is 2. The zero-order valence-corrected chi connectivity index (χ0v) is 26.3. The summed E-state index contributed by atoms with van der Waals surface area (Å²) < 4.78 is 53.4. The Balaban J connectivity index is 0.000000170. The van der Waals surface area contributed by atoms with Crippen molar-refractivity contribution in [2.75, 3.05) is 12.4 Å². The Morgan fingerprint density at radius 2 is 1.65 bits per heavy atom. The van der Waals surface area contributed by atoms with Gasteiger partial charge in [-0.3, -0.25) is 0 Å². The SMILES string of the molecule is CCCCc1ccc(C(=O)O)nc1.COc1c2occc2cc2ccc(=O)oc12.O=C(O)c1ccccc1Nc1cccc(C(F)(F)F)c1. The second-order valence-corrected chi connectivity index (χ2v) is 10.4. The van der Waals surface area contributed by atoms with Crippen molar-refractivity contribution in [2.24, 2.45) is 0 Å². The lowest BCUT2D eigenvalue weighted by Crippen LogP contribution is -2.06. The van der Waals surface area contributed by atoms with E-state index in [0.717, 1.165) is 47.7 Å². The van der Waals surface area contributed by atoms with Crippen molar-refractivity contribution in [3.05, 3.63) is 130 Å². The molecule has 0 aliphatic heterocycles. The molecule has 13 heteroatoms. The van der Waals surface area contributed by atoms with E-state index < -0.39 is 29.3 Å². The van der Waals surface area contributed by atoms with E-state index in [0.29, 0.717) is 16.9 Å². The van der Waals surface area contributed by atoms with E-state index in [-0.39, 0.29) is 22.6 Å². The number of methoxy groups -OCH3 is 1. The number of carboxylic acid groups (broad SMARTS) is 2. The lowest BCUT2D eigenvalue weighted by atomic mass is 10.1. The Bertz CT molecular complexity index is 2100. The summed E-state index contributed by atoms with van der Waals surface area (Å²) in [6.45, 7) is 2.12. The molecule has 0 bridgehead atoms. The first-order valence-electron chi connectivity index (χ1n) is 14.8. The predicted molar refractivity (Wildman–Crippen MR) is 177 cm³/mol. The molecule has 0 radical (unpaired) electrons. The number of hydrogen-bond donors (Lipinski definition) is 3. The molecule has 6 aromatic rings. The molecule has 0 aliphatic carbocycles. The highest BCUT2D eigenvalue weighted by Gasteiger charge is 2.30. The zero-order valence-electron chi connectivity index (χ0n) is 26.3. The smallest absolute Gasteiger partial charge is 0.416 e. The maximum absolute atomic E-state index is 12.6. The number of ether oxygens (including phenoxy) is 1. The molecule has 3 heterocycles. The second kappa shape index (κ2) is 16.1. The van der Waals surface area contributed by atoms with Gasteiger partial charge in [0.2, 0.25) is 5.75 Å². The third-order valence-electron chi connectivity index (χ3n) is 6.98. The number of benzene rings is 3. The Hall–Kier alpha value is -6.11. The normalized spacial score (nSPS) is 10.8. The number of hydrogen-bond acceptors (Lipinski definition) is 8. The molecule has 0 fully saturated rings. The van der Waals surface area contributed by atoms with Crippen LogP contribution in [-0.4, -0.2) is 34.2 Å². The summed E-state index contributed by atoms with van der Waals surface area (Å²) in [5, 5.41) is 22.0. The van der Waals surface area contributed by atoms with Crippen molar-refractivity contribution in [3.8, 4) is 5.75 Å². The van der Waals surface area contributed by atoms with Crippen molar-refractivity contribution in [3.63, 3.8) is 0 Å². The average molecular weight is 677 g/mol. The Kier molecular flexibility index (Phi) is 11.8. The number of carbonyl (C=O) groups is 2. The number of unbranched alkanes of at least 4 members (excludes halogenated alkanes) is 1. The van der Waals surface area contributed by atoms with Crippen LogP contribution in [0.1, 0.15) is 51.7 Å². The molecule has 6 rings (SSSR count). The first-order valence-corrected chi connectivity index (χ1v) is 14.8. The van der Waals surface area contributed by atoms with E-state index in [4.69, 9.17) is 23.8 Å². The highest BCUT2D eigenvalue weighted by Crippen LogP contribution is 2.34. The van der Waals surface area contributed by atoms with Crippen molar-refractivity contribution in [1.29, 1.82) is 0 Å². The number of aromatic nitrogens is 1. The van der Waals surface area contributed by atoms with E-state index in [1.807, 2.05) is 18.2 Å². The van der Waals surface area contributed by atoms with Crippen LogP contribution in [0.15, 0.2) is 111 Å². The molecular formula is C36H31F3N2O8.